The summed E-state index contributed by atoms with van der Waals surface area (Å²) in [5.41, 5.74) is 5.15. The Kier molecular flexibility index (Phi) is 7.09. The number of aromatic nitrogens is 1. The Bertz CT molecular complexity index is 1040. The highest BCUT2D eigenvalue weighted by Crippen LogP contribution is 2.24. The van der Waals surface area contributed by atoms with Crippen LogP contribution >= 0.6 is 34.5 Å². The predicted molar refractivity (Wildman–Crippen MR) is 117 cm³/mol. The molecule has 0 unspecified atom stereocenters. The first-order valence-corrected chi connectivity index (χ1v) is 10.0. The average Bonchev–Trinajstić information content (AvgIpc) is 3.08. The minimum atomic E-state index is -0.410. The van der Waals surface area contributed by atoms with Crippen LogP contribution in [0.3, 0.4) is 0 Å². The van der Waals surface area contributed by atoms with Crippen LogP contribution < -0.4 is 10.2 Å². The molecule has 3 rings (SSSR count). The number of carbonyl (C=O) groups is 1. The maximum absolute atomic E-state index is 11.6. The lowest BCUT2D eigenvalue weighted by Crippen LogP contribution is -1.99. The van der Waals surface area contributed by atoms with Gasteiger partial charge in [-0.25, -0.2) is 9.78 Å². The number of halogens is 2. The SMILES string of the molecule is COC(=O)c1sc(N/N=C/c2ccc(OCc3ccc(Cl)cc3Cl)cc2)nc1C. The second-order valence-corrected chi connectivity index (χ2v) is 7.73. The number of ether oxygens (including phenoxy) is 2. The summed E-state index contributed by atoms with van der Waals surface area (Å²) >= 11 is 13.2. The molecule has 0 atom stereocenters. The summed E-state index contributed by atoms with van der Waals surface area (Å²) in [6, 6.07) is 12.7. The normalized spacial score (nSPS) is 10.9. The van der Waals surface area contributed by atoms with E-state index in [4.69, 9.17) is 32.7 Å². The number of aryl methyl sites for hydroxylation is 1. The van der Waals surface area contributed by atoms with E-state index in [0.717, 1.165) is 11.1 Å². The third-order valence-electron chi connectivity index (χ3n) is 3.83. The van der Waals surface area contributed by atoms with E-state index < -0.39 is 5.97 Å². The number of hydrogen-bond acceptors (Lipinski definition) is 7. The summed E-state index contributed by atoms with van der Waals surface area (Å²) in [5.74, 6) is 0.298. The number of benzene rings is 2. The highest BCUT2D eigenvalue weighted by atomic mass is 35.5. The molecule has 1 N–H and O–H groups in total. The van der Waals surface area contributed by atoms with E-state index in [2.05, 4.69) is 15.5 Å². The third kappa shape index (κ3) is 5.69. The lowest BCUT2D eigenvalue weighted by atomic mass is 10.2. The molecular formula is C20H17Cl2N3O3S. The first-order valence-electron chi connectivity index (χ1n) is 8.48. The highest BCUT2D eigenvalue weighted by Gasteiger charge is 2.15. The van der Waals surface area contributed by atoms with Gasteiger partial charge >= 0.3 is 5.97 Å². The van der Waals surface area contributed by atoms with E-state index in [1.165, 1.54) is 18.4 Å². The fourth-order valence-corrected chi connectivity index (χ4v) is 3.64. The summed E-state index contributed by atoms with van der Waals surface area (Å²) in [7, 11) is 1.34. The minimum absolute atomic E-state index is 0.344. The largest absolute Gasteiger partial charge is 0.489 e. The van der Waals surface area contributed by atoms with Crippen LogP contribution in [0.4, 0.5) is 5.13 Å². The van der Waals surface area contributed by atoms with Gasteiger partial charge in [-0.05, 0) is 48.9 Å². The van der Waals surface area contributed by atoms with Crippen molar-refractivity contribution in [1.29, 1.82) is 0 Å². The van der Waals surface area contributed by atoms with Gasteiger partial charge in [-0.15, -0.1) is 0 Å². The van der Waals surface area contributed by atoms with E-state index in [1.807, 2.05) is 30.3 Å². The number of thiazole rings is 1. The smallest absolute Gasteiger partial charge is 0.350 e. The third-order valence-corrected chi connectivity index (χ3v) is 5.46. The standard InChI is InChI=1S/C20H17Cl2N3O3S/c1-12-18(19(26)27-2)29-20(24-12)25-23-10-13-3-7-16(8-4-13)28-11-14-5-6-15(21)9-17(14)22/h3-10H,11H2,1-2H3,(H,24,25)/b23-10+. The van der Waals surface area contributed by atoms with Crippen molar-refractivity contribution in [2.24, 2.45) is 5.10 Å². The first kappa shape index (κ1) is 21.1. The highest BCUT2D eigenvalue weighted by molar-refractivity contribution is 7.17. The molecule has 2 aromatic carbocycles. The number of methoxy groups -OCH3 is 1. The molecule has 0 aliphatic rings. The summed E-state index contributed by atoms with van der Waals surface area (Å²) in [4.78, 5) is 16.3. The van der Waals surface area contributed by atoms with Gasteiger partial charge in [0.25, 0.3) is 0 Å². The van der Waals surface area contributed by atoms with Gasteiger partial charge < -0.3 is 9.47 Å². The monoisotopic (exact) mass is 449 g/mol. The summed E-state index contributed by atoms with van der Waals surface area (Å²) in [6.45, 7) is 2.09. The summed E-state index contributed by atoms with van der Waals surface area (Å²) in [5, 5.41) is 5.82. The lowest BCUT2D eigenvalue weighted by molar-refractivity contribution is 0.0605. The van der Waals surface area contributed by atoms with Gasteiger partial charge in [-0.2, -0.15) is 5.10 Å². The average molecular weight is 450 g/mol. The molecule has 0 spiro atoms. The molecule has 0 radical (unpaired) electrons. The number of anilines is 1. The van der Waals surface area contributed by atoms with E-state index in [-0.39, 0.29) is 0 Å². The van der Waals surface area contributed by atoms with Crippen molar-refractivity contribution in [2.75, 3.05) is 12.5 Å². The molecule has 3 aromatic rings. The Morgan fingerprint density at radius 3 is 2.69 bits per heavy atom. The fraction of sp³-hybridized carbons (Fsp3) is 0.150. The van der Waals surface area contributed by atoms with Crippen LogP contribution in [0.2, 0.25) is 10.0 Å². The Morgan fingerprint density at radius 1 is 1.24 bits per heavy atom. The number of esters is 1. The molecule has 9 heteroatoms. The molecule has 150 valence electrons. The number of nitrogens with zero attached hydrogens (tertiary/aromatic N) is 2. The van der Waals surface area contributed by atoms with Crippen LogP contribution in [-0.2, 0) is 11.3 Å². The van der Waals surface area contributed by atoms with Gasteiger partial charge in [0.1, 0.15) is 17.2 Å². The van der Waals surface area contributed by atoms with Crippen molar-refractivity contribution in [3.63, 3.8) is 0 Å². The van der Waals surface area contributed by atoms with E-state index in [1.54, 1.807) is 25.3 Å². The zero-order chi connectivity index (χ0) is 20.8. The molecule has 6 nitrogen and oxygen atoms in total. The molecule has 0 bridgehead atoms. The molecule has 0 amide bonds. The Morgan fingerprint density at radius 2 is 2.00 bits per heavy atom. The van der Waals surface area contributed by atoms with E-state index in [9.17, 15) is 4.79 Å². The van der Waals surface area contributed by atoms with Crippen LogP contribution in [0.5, 0.6) is 5.75 Å². The topological polar surface area (TPSA) is 72.8 Å². The maximum atomic E-state index is 11.6. The van der Waals surface area contributed by atoms with Crippen molar-refractivity contribution in [3.05, 3.63) is 74.2 Å². The van der Waals surface area contributed by atoms with Gasteiger partial charge in [0, 0.05) is 15.6 Å². The maximum Gasteiger partial charge on any atom is 0.350 e. The van der Waals surface area contributed by atoms with Crippen molar-refractivity contribution in [1.82, 2.24) is 4.98 Å². The molecule has 1 heterocycles. The van der Waals surface area contributed by atoms with E-state index >= 15 is 0 Å². The zero-order valence-corrected chi connectivity index (χ0v) is 17.9. The Labute approximate surface area is 182 Å². The van der Waals surface area contributed by atoms with E-state index in [0.29, 0.717) is 38.1 Å². The summed E-state index contributed by atoms with van der Waals surface area (Å²) < 4.78 is 10.5. The number of rotatable bonds is 7. The van der Waals surface area contributed by atoms with Crippen LogP contribution in [0.1, 0.15) is 26.5 Å². The second-order valence-electron chi connectivity index (χ2n) is 5.89. The molecule has 0 saturated heterocycles. The van der Waals surface area contributed by atoms with Gasteiger partial charge in [0.15, 0.2) is 0 Å². The Hall–Kier alpha value is -2.61. The van der Waals surface area contributed by atoms with Crippen molar-refractivity contribution in [3.8, 4) is 5.75 Å². The fourth-order valence-electron chi connectivity index (χ4n) is 2.34. The molecule has 29 heavy (non-hydrogen) atoms. The number of carbonyl (C=O) groups excluding carboxylic acids is 1. The molecule has 0 aliphatic heterocycles. The van der Waals surface area contributed by atoms with Crippen LogP contribution in [0, 0.1) is 6.92 Å². The van der Waals surface area contributed by atoms with Gasteiger partial charge in [-0.3, -0.25) is 5.43 Å². The van der Waals surface area contributed by atoms with Gasteiger partial charge in [0.05, 0.1) is 19.0 Å². The van der Waals surface area contributed by atoms with Crippen molar-refractivity contribution < 1.29 is 14.3 Å². The molecule has 0 saturated carbocycles. The Balaban J connectivity index is 1.55. The molecular weight excluding hydrogens is 433 g/mol. The van der Waals surface area contributed by atoms with Crippen LogP contribution in [0.15, 0.2) is 47.6 Å². The second kappa shape index (κ2) is 9.73. The van der Waals surface area contributed by atoms with Crippen LogP contribution in [0.25, 0.3) is 0 Å². The van der Waals surface area contributed by atoms with Crippen molar-refractivity contribution in [2.45, 2.75) is 13.5 Å². The molecule has 0 aliphatic carbocycles. The lowest BCUT2D eigenvalue weighted by Gasteiger charge is -2.08. The van der Waals surface area contributed by atoms with Crippen LogP contribution in [-0.4, -0.2) is 24.3 Å². The number of nitrogens with one attached hydrogen (secondary N) is 1. The molecule has 0 fully saturated rings. The summed E-state index contributed by atoms with van der Waals surface area (Å²) in [6.07, 6.45) is 1.65. The minimum Gasteiger partial charge on any atom is -0.489 e. The zero-order valence-electron chi connectivity index (χ0n) is 15.6. The first-order chi connectivity index (χ1) is 14.0. The quantitative estimate of drug-likeness (QED) is 0.290. The van der Waals surface area contributed by atoms with Gasteiger partial charge in [-0.1, -0.05) is 40.6 Å². The van der Waals surface area contributed by atoms with Gasteiger partial charge in [0.2, 0.25) is 5.13 Å². The molecule has 1 aromatic heterocycles. The predicted octanol–water partition coefficient (Wildman–Crippen LogP) is 5.57. The number of hydrogen-bond donors (Lipinski definition) is 1. The van der Waals surface area contributed by atoms with Crippen molar-refractivity contribution >= 4 is 51.9 Å². The number of hydrazone groups is 1.